The van der Waals surface area contributed by atoms with Crippen molar-refractivity contribution < 1.29 is 8.91 Å². The first-order chi connectivity index (χ1) is 8.68. The molecule has 0 atom stereocenters. The van der Waals surface area contributed by atoms with E-state index < -0.39 is 5.82 Å². The number of thiocarbonyl (C=S) groups is 1. The molecule has 0 aliphatic heterocycles. The van der Waals surface area contributed by atoms with Gasteiger partial charge in [0.05, 0.1) is 5.56 Å². The molecule has 0 spiro atoms. The quantitative estimate of drug-likeness (QED) is 0.799. The van der Waals surface area contributed by atoms with Crippen LogP contribution in [0.1, 0.15) is 11.4 Å². The van der Waals surface area contributed by atoms with Crippen LogP contribution < -0.4 is 11.1 Å². The van der Waals surface area contributed by atoms with E-state index >= 15 is 0 Å². The fraction of sp³-hybridized carbons (Fsp3) is 0.182. The van der Waals surface area contributed by atoms with Crippen molar-refractivity contribution in [2.75, 3.05) is 11.9 Å². The van der Waals surface area contributed by atoms with Crippen LogP contribution in [-0.4, -0.2) is 21.7 Å². The molecule has 18 heavy (non-hydrogen) atoms. The zero-order valence-electron chi connectivity index (χ0n) is 9.39. The molecular weight excluding hydrogens is 255 g/mol. The third-order valence-electron chi connectivity index (χ3n) is 2.33. The molecule has 0 aliphatic carbocycles. The first-order valence-corrected chi connectivity index (χ1v) is 5.66. The summed E-state index contributed by atoms with van der Waals surface area (Å²) in [4.78, 5) is 3.90. The molecule has 0 fully saturated rings. The maximum atomic E-state index is 13.6. The molecule has 0 saturated carbocycles. The molecule has 0 radical (unpaired) electrons. The van der Waals surface area contributed by atoms with Gasteiger partial charge >= 0.3 is 0 Å². The summed E-state index contributed by atoms with van der Waals surface area (Å²) in [6.07, 6.45) is 1.82. The number of nitrogens with two attached hydrogens (primary N) is 1. The van der Waals surface area contributed by atoms with E-state index in [1.807, 2.05) is 0 Å². The van der Waals surface area contributed by atoms with Gasteiger partial charge in [0.25, 0.3) is 0 Å². The lowest BCUT2D eigenvalue weighted by Gasteiger charge is -2.10. The summed E-state index contributed by atoms with van der Waals surface area (Å²) < 4.78 is 18.2. The number of halogens is 1. The largest absolute Gasteiger partial charge is 0.389 e. The van der Waals surface area contributed by atoms with Crippen LogP contribution in [0.5, 0.6) is 0 Å². The topological polar surface area (TPSA) is 77.0 Å². The molecule has 1 aromatic carbocycles. The molecule has 0 bridgehead atoms. The third-order valence-corrected chi connectivity index (χ3v) is 2.54. The van der Waals surface area contributed by atoms with Gasteiger partial charge in [0.2, 0.25) is 6.39 Å². The molecule has 2 rings (SSSR count). The molecule has 0 aliphatic rings. The van der Waals surface area contributed by atoms with Gasteiger partial charge in [0, 0.05) is 18.7 Å². The van der Waals surface area contributed by atoms with Crippen LogP contribution in [0.15, 0.2) is 29.1 Å². The number of benzene rings is 1. The Morgan fingerprint density at radius 2 is 2.33 bits per heavy atom. The van der Waals surface area contributed by atoms with E-state index in [0.29, 0.717) is 24.5 Å². The minimum Gasteiger partial charge on any atom is -0.389 e. The van der Waals surface area contributed by atoms with E-state index in [-0.39, 0.29) is 10.6 Å². The number of nitrogens with one attached hydrogen (secondary N) is 1. The summed E-state index contributed by atoms with van der Waals surface area (Å²) in [5, 5.41) is 6.72. The average Bonchev–Trinajstić information content (AvgIpc) is 2.81. The molecule has 5 nitrogen and oxygen atoms in total. The van der Waals surface area contributed by atoms with E-state index in [2.05, 4.69) is 20.0 Å². The Hall–Kier alpha value is -2.02. The SMILES string of the molecule is NC(=S)c1c(F)cccc1NCCc1ncon1. The summed E-state index contributed by atoms with van der Waals surface area (Å²) in [6.45, 7) is 0.526. The zero-order valence-corrected chi connectivity index (χ0v) is 10.2. The van der Waals surface area contributed by atoms with Gasteiger partial charge in [-0.05, 0) is 12.1 Å². The minimum absolute atomic E-state index is 0.0233. The number of hydrogen-bond acceptors (Lipinski definition) is 5. The van der Waals surface area contributed by atoms with Crippen molar-refractivity contribution in [2.45, 2.75) is 6.42 Å². The van der Waals surface area contributed by atoms with Crippen LogP contribution in [0, 0.1) is 5.82 Å². The van der Waals surface area contributed by atoms with E-state index in [9.17, 15) is 4.39 Å². The average molecular weight is 266 g/mol. The summed E-state index contributed by atoms with van der Waals surface area (Å²) >= 11 is 4.83. The van der Waals surface area contributed by atoms with Gasteiger partial charge in [-0.3, -0.25) is 0 Å². The molecule has 7 heteroatoms. The van der Waals surface area contributed by atoms with Gasteiger partial charge in [-0.1, -0.05) is 23.4 Å². The molecule has 0 amide bonds. The Kier molecular flexibility index (Phi) is 3.83. The molecule has 1 heterocycles. The van der Waals surface area contributed by atoms with Gasteiger partial charge in [-0.15, -0.1) is 0 Å². The second-order valence-electron chi connectivity index (χ2n) is 3.55. The van der Waals surface area contributed by atoms with Crippen LogP contribution >= 0.6 is 12.2 Å². The highest BCUT2D eigenvalue weighted by molar-refractivity contribution is 7.80. The fourth-order valence-electron chi connectivity index (χ4n) is 1.53. The van der Waals surface area contributed by atoms with Crippen LogP contribution in [0.4, 0.5) is 10.1 Å². The number of hydrogen-bond donors (Lipinski definition) is 2. The molecule has 3 N–H and O–H groups in total. The first-order valence-electron chi connectivity index (χ1n) is 5.26. The number of aromatic nitrogens is 2. The van der Waals surface area contributed by atoms with Crippen molar-refractivity contribution in [2.24, 2.45) is 5.73 Å². The second kappa shape index (κ2) is 5.54. The molecule has 94 valence electrons. The first kappa shape index (κ1) is 12.4. The van der Waals surface area contributed by atoms with E-state index in [1.54, 1.807) is 12.1 Å². The summed E-state index contributed by atoms with van der Waals surface area (Å²) in [6, 6.07) is 4.63. The van der Waals surface area contributed by atoms with Crippen molar-refractivity contribution in [3.63, 3.8) is 0 Å². The van der Waals surface area contributed by atoms with Gasteiger partial charge in [0.15, 0.2) is 5.82 Å². The van der Waals surface area contributed by atoms with E-state index in [4.69, 9.17) is 18.0 Å². The van der Waals surface area contributed by atoms with Crippen molar-refractivity contribution in [3.8, 4) is 0 Å². The number of nitrogens with zero attached hydrogens (tertiary/aromatic N) is 2. The summed E-state index contributed by atoms with van der Waals surface area (Å²) in [5.41, 5.74) is 6.28. The van der Waals surface area contributed by atoms with E-state index in [1.165, 1.54) is 12.5 Å². The molecule has 0 saturated heterocycles. The smallest absolute Gasteiger partial charge is 0.213 e. The predicted octanol–water partition coefficient (Wildman–Crippen LogP) is 1.50. The minimum atomic E-state index is -0.438. The van der Waals surface area contributed by atoms with Gasteiger partial charge in [-0.2, -0.15) is 4.98 Å². The molecule has 1 aromatic heterocycles. The van der Waals surface area contributed by atoms with Crippen molar-refractivity contribution in [1.29, 1.82) is 0 Å². The van der Waals surface area contributed by atoms with Crippen molar-refractivity contribution in [3.05, 3.63) is 41.8 Å². The highest BCUT2D eigenvalue weighted by Gasteiger charge is 2.10. The molecular formula is C11H11FN4OS. The Balaban J connectivity index is 2.05. The van der Waals surface area contributed by atoms with Crippen molar-refractivity contribution >= 4 is 22.9 Å². The van der Waals surface area contributed by atoms with Gasteiger partial charge < -0.3 is 15.6 Å². The Labute approximate surface area is 108 Å². The van der Waals surface area contributed by atoms with Crippen LogP contribution in [0.3, 0.4) is 0 Å². The fourth-order valence-corrected chi connectivity index (χ4v) is 1.74. The lowest BCUT2D eigenvalue weighted by Crippen LogP contribution is -2.16. The number of rotatable bonds is 5. The standard InChI is InChI=1S/C11H11FN4OS/c12-7-2-1-3-8(10(7)11(13)18)14-5-4-9-15-6-17-16-9/h1-3,6,14H,4-5H2,(H2,13,18). The zero-order chi connectivity index (χ0) is 13.0. The van der Waals surface area contributed by atoms with Gasteiger partial charge in [-0.25, -0.2) is 4.39 Å². The normalized spacial score (nSPS) is 10.3. The van der Waals surface area contributed by atoms with E-state index in [0.717, 1.165) is 0 Å². The Bertz CT molecular complexity index is 544. The summed E-state index contributed by atoms with van der Waals surface area (Å²) in [7, 11) is 0. The number of anilines is 1. The Morgan fingerprint density at radius 3 is 3.00 bits per heavy atom. The maximum absolute atomic E-state index is 13.6. The Morgan fingerprint density at radius 1 is 1.50 bits per heavy atom. The third kappa shape index (κ3) is 2.80. The lowest BCUT2D eigenvalue weighted by molar-refractivity contribution is 0.410. The second-order valence-corrected chi connectivity index (χ2v) is 3.99. The van der Waals surface area contributed by atoms with Crippen LogP contribution in [-0.2, 0) is 6.42 Å². The van der Waals surface area contributed by atoms with Crippen LogP contribution in [0.2, 0.25) is 0 Å². The molecule has 0 unspecified atom stereocenters. The lowest BCUT2D eigenvalue weighted by atomic mass is 10.1. The van der Waals surface area contributed by atoms with Crippen LogP contribution in [0.25, 0.3) is 0 Å². The molecule has 2 aromatic rings. The van der Waals surface area contributed by atoms with Gasteiger partial charge in [0.1, 0.15) is 10.8 Å². The highest BCUT2D eigenvalue weighted by atomic mass is 32.1. The maximum Gasteiger partial charge on any atom is 0.213 e. The predicted molar refractivity (Wildman–Crippen MR) is 68.8 cm³/mol. The van der Waals surface area contributed by atoms with Crippen molar-refractivity contribution in [1.82, 2.24) is 10.1 Å². The monoisotopic (exact) mass is 266 g/mol. The highest BCUT2D eigenvalue weighted by Crippen LogP contribution is 2.18. The summed E-state index contributed by atoms with van der Waals surface area (Å²) in [5.74, 6) is 0.142.